The number of nitrogens with one attached hydrogen (secondary N) is 2. The lowest BCUT2D eigenvalue weighted by Crippen LogP contribution is -2.41. The van der Waals surface area contributed by atoms with Crippen LogP contribution in [0.15, 0.2) is 18.2 Å². The molecule has 1 heterocycles. The first-order valence-electron chi connectivity index (χ1n) is 7.01. The van der Waals surface area contributed by atoms with Crippen molar-refractivity contribution in [3.05, 3.63) is 35.0 Å². The van der Waals surface area contributed by atoms with Crippen LogP contribution in [0, 0.1) is 13.8 Å². The first-order chi connectivity index (χ1) is 9.97. The van der Waals surface area contributed by atoms with Gasteiger partial charge in [0.15, 0.2) is 0 Å². The van der Waals surface area contributed by atoms with Crippen molar-refractivity contribution in [2.24, 2.45) is 0 Å². The second-order valence-electron chi connectivity index (χ2n) is 5.39. The van der Waals surface area contributed by atoms with E-state index in [4.69, 9.17) is 0 Å². The minimum atomic E-state index is -0.124. The van der Waals surface area contributed by atoms with Gasteiger partial charge in [0.05, 0.1) is 6.61 Å². The van der Waals surface area contributed by atoms with Gasteiger partial charge in [-0.05, 0) is 44.7 Å². The molecule has 0 aliphatic carbocycles. The van der Waals surface area contributed by atoms with Gasteiger partial charge in [-0.15, -0.1) is 0 Å². The normalized spacial score (nSPS) is 14.1. The average molecular weight is 306 g/mol. The predicted octanol–water partition coefficient (Wildman–Crippen LogP) is 2.63. The number of fused-ring (bicyclic) bond motifs is 1. The summed E-state index contributed by atoms with van der Waals surface area (Å²) < 4.78 is 0. The molecule has 0 radical (unpaired) electrons. The van der Waals surface area contributed by atoms with Crippen LogP contribution in [0.4, 0.5) is 0 Å². The largest absolute Gasteiger partial charge is 0.395 e. The lowest BCUT2D eigenvalue weighted by Gasteiger charge is -2.21. The number of aliphatic hydroxyl groups is 1. The standard InChI is InChI=1S/C16H22N2O2S/c1-9-5-6-13-12(7-9)10(2)15(18-13)16(20)17-11(3)14(8-19)21-4/h5-7,11,14,18-19H,8H2,1-4H3,(H,17,20)/t11-,14-/m1/s1. The first-order valence-corrected chi connectivity index (χ1v) is 8.30. The molecule has 0 fully saturated rings. The van der Waals surface area contributed by atoms with Crippen molar-refractivity contribution in [1.29, 1.82) is 0 Å². The molecular weight excluding hydrogens is 284 g/mol. The molecule has 3 N–H and O–H groups in total. The van der Waals surface area contributed by atoms with Crippen LogP contribution in [-0.2, 0) is 0 Å². The van der Waals surface area contributed by atoms with E-state index in [0.29, 0.717) is 5.69 Å². The molecule has 2 atom stereocenters. The number of aryl methyl sites for hydroxylation is 2. The van der Waals surface area contributed by atoms with Crippen LogP contribution in [-0.4, -0.2) is 40.2 Å². The lowest BCUT2D eigenvalue weighted by atomic mass is 10.1. The van der Waals surface area contributed by atoms with Gasteiger partial charge in [0.2, 0.25) is 0 Å². The van der Waals surface area contributed by atoms with Gasteiger partial charge in [0.25, 0.3) is 5.91 Å². The Bertz CT molecular complexity index is 647. The SMILES string of the molecule is CS[C@H](CO)[C@@H](C)NC(=O)c1[nH]c2ccc(C)cc2c1C. The number of carbonyl (C=O) groups excluding carboxylic acids is 1. The molecule has 0 saturated carbocycles. The summed E-state index contributed by atoms with van der Waals surface area (Å²) in [6, 6.07) is 6.01. The highest BCUT2D eigenvalue weighted by atomic mass is 32.2. The Labute approximate surface area is 129 Å². The van der Waals surface area contributed by atoms with E-state index in [1.54, 1.807) is 11.8 Å². The molecule has 0 unspecified atom stereocenters. The Kier molecular flexibility index (Phi) is 4.96. The molecule has 0 bridgehead atoms. The molecule has 0 saturated heterocycles. The molecule has 1 amide bonds. The molecule has 2 rings (SSSR count). The molecule has 1 aromatic heterocycles. The summed E-state index contributed by atoms with van der Waals surface area (Å²) in [4.78, 5) is 15.6. The van der Waals surface area contributed by atoms with E-state index < -0.39 is 0 Å². The van der Waals surface area contributed by atoms with Crippen molar-refractivity contribution >= 4 is 28.6 Å². The maximum atomic E-state index is 12.4. The van der Waals surface area contributed by atoms with Crippen molar-refractivity contribution in [2.45, 2.75) is 32.1 Å². The van der Waals surface area contributed by atoms with Gasteiger partial charge in [-0.2, -0.15) is 11.8 Å². The molecule has 21 heavy (non-hydrogen) atoms. The van der Waals surface area contributed by atoms with Crippen molar-refractivity contribution in [2.75, 3.05) is 12.9 Å². The zero-order chi connectivity index (χ0) is 15.6. The van der Waals surface area contributed by atoms with Gasteiger partial charge in [0.1, 0.15) is 5.69 Å². The van der Waals surface area contributed by atoms with Crippen LogP contribution in [0.2, 0.25) is 0 Å². The number of hydrogen-bond donors (Lipinski definition) is 3. The minimum Gasteiger partial charge on any atom is -0.395 e. The third-order valence-corrected chi connectivity index (χ3v) is 5.00. The number of H-pyrrole nitrogens is 1. The Morgan fingerprint density at radius 3 is 2.76 bits per heavy atom. The van der Waals surface area contributed by atoms with Crippen LogP contribution in [0.5, 0.6) is 0 Å². The number of benzene rings is 1. The van der Waals surface area contributed by atoms with E-state index in [0.717, 1.165) is 16.5 Å². The zero-order valence-corrected chi connectivity index (χ0v) is 13.7. The molecule has 5 heteroatoms. The van der Waals surface area contributed by atoms with E-state index in [1.807, 2.05) is 39.2 Å². The number of carbonyl (C=O) groups is 1. The Morgan fingerprint density at radius 2 is 2.14 bits per heavy atom. The molecular formula is C16H22N2O2S. The van der Waals surface area contributed by atoms with Crippen LogP contribution in [0.25, 0.3) is 10.9 Å². The number of thioether (sulfide) groups is 1. The minimum absolute atomic E-state index is 0.000814. The summed E-state index contributed by atoms with van der Waals surface area (Å²) in [5.41, 5.74) is 3.70. The van der Waals surface area contributed by atoms with E-state index >= 15 is 0 Å². The van der Waals surface area contributed by atoms with Gasteiger partial charge in [-0.1, -0.05) is 11.6 Å². The van der Waals surface area contributed by atoms with Crippen LogP contribution >= 0.6 is 11.8 Å². The smallest absolute Gasteiger partial charge is 0.268 e. The highest BCUT2D eigenvalue weighted by molar-refractivity contribution is 7.99. The predicted molar refractivity (Wildman–Crippen MR) is 89.1 cm³/mol. The topological polar surface area (TPSA) is 65.1 Å². The quantitative estimate of drug-likeness (QED) is 0.795. The number of aromatic nitrogens is 1. The van der Waals surface area contributed by atoms with Gasteiger partial charge < -0.3 is 15.4 Å². The number of rotatable bonds is 5. The van der Waals surface area contributed by atoms with Crippen LogP contribution in [0.1, 0.15) is 28.5 Å². The lowest BCUT2D eigenvalue weighted by molar-refractivity contribution is 0.0931. The van der Waals surface area contributed by atoms with Gasteiger partial charge in [0, 0.05) is 22.2 Å². The Morgan fingerprint density at radius 1 is 1.43 bits per heavy atom. The van der Waals surface area contributed by atoms with Crippen LogP contribution in [0.3, 0.4) is 0 Å². The fourth-order valence-electron chi connectivity index (χ4n) is 2.48. The van der Waals surface area contributed by atoms with Gasteiger partial charge in [-0.3, -0.25) is 4.79 Å². The summed E-state index contributed by atoms with van der Waals surface area (Å²) >= 11 is 1.55. The summed E-state index contributed by atoms with van der Waals surface area (Å²) in [5.74, 6) is -0.124. The summed E-state index contributed by atoms with van der Waals surface area (Å²) in [6.07, 6.45) is 1.93. The van der Waals surface area contributed by atoms with E-state index in [-0.39, 0.29) is 23.8 Å². The Hall–Kier alpha value is -1.46. The maximum absolute atomic E-state index is 12.4. The molecule has 2 aromatic rings. The highest BCUT2D eigenvalue weighted by Crippen LogP contribution is 2.23. The molecule has 4 nitrogen and oxygen atoms in total. The first kappa shape index (κ1) is 15.9. The second kappa shape index (κ2) is 6.54. The van der Waals surface area contributed by atoms with Crippen molar-refractivity contribution < 1.29 is 9.90 Å². The van der Waals surface area contributed by atoms with Crippen molar-refractivity contribution in [1.82, 2.24) is 10.3 Å². The third kappa shape index (κ3) is 3.24. The summed E-state index contributed by atoms with van der Waals surface area (Å²) in [6.45, 7) is 5.96. The summed E-state index contributed by atoms with van der Waals surface area (Å²) in [5, 5.41) is 13.3. The van der Waals surface area contributed by atoms with Gasteiger partial charge in [-0.25, -0.2) is 0 Å². The second-order valence-corrected chi connectivity index (χ2v) is 6.47. The van der Waals surface area contributed by atoms with Crippen molar-refractivity contribution in [3.63, 3.8) is 0 Å². The molecule has 114 valence electrons. The third-order valence-electron chi connectivity index (χ3n) is 3.84. The average Bonchev–Trinajstić information content (AvgIpc) is 2.77. The number of aromatic amines is 1. The molecule has 0 spiro atoms. The monoisotopic (exact) mass is 306 g/mol. The maximum Gasteiger partial charge on any atom is 0.268 e. The Balaban J connectivity index is 2.25. The highest BCUT2D eigenvalue weighted by Gasteiger charge is 2.21. The summed E-state index contributed by atoms with van der Waals surface area (Å²) in [7, 11) is 0. The van der Waals surface area contributed by atoms with Gasteiger partial charge >= 0.3 is 0 Å². The number of hydrogen-bond acceptors (Lipinski definition) is 3. The fraction of sp³-hybridized carbons (Fsp3) is 0.438. The molecule has 0 aliphatic heterocycles. The molecule has 1 aromatic carbocycles. The van der Waals surface area contributed by atoms with Crippen molar-refractivity contribution in [3.8, 4) is 0 Å². The number of aliphatic hydroxyl groups excluding tert-OH is 1. The van der Waals surface area contributed by atoms with E-state index in [2.05, 4.69) is 16.4 Å². The van der Waals surface area contributed by atoms with E-state index in [9.17, 15) is 9.90 Å². The zero-order valence-electron chi connectivity index (χ0n) is 12.9. The van der Waals surface area contributed by atoms with E-state index in [1.165, 1.54) is 5.56 Å². The number of amides is 1. The fourth-order valence-corrected chi connectivity index (χ4v) is 3.10. The van der Waals surface area contributed by atoms with Crippen LogP contribution < -0.4 is 5.32 Å². The molecule has 0 aliphatic rings.